The van der Waals surface area contributed by atoms with Crippen molar-refractivity contribution in [1.82, 2.24) is 0 Å². The first-order valence-corrected chi connectivity index (χ1v) is 45.9. The van der Waals surface area contributed by atoms with Crippen LogP contribution in [0.2, 0.25) is 0 Å². The lowest BCUT2D eigenvalue weighted by Crippen LogP contribution is -2.30. The van der Waals surface area contributed by atoms with Crippen molar-refractivity contribution >= 4 is 39.5 Å². The smallest absolute Gasteiger partial charge is 0.462 e. The first kappa shape index (κ1) is 100. The molecule has 0 spiro atoms. The summed E-state index contributed by atoms with van der Waals surface area (Å²) in [7, 11) is -9.92. The minimum atomic E-state index is -4.96. The van der Waals surface area contributed by atoms with Gasteiger partial charge in [-0.2, -0.15) is 0 Å². The van der Waals surface area contributed by atoms with E-state index in [0.29, 0.717) is 25.7 Å². The number of unbranched alkanes of at least 4 members (excludes halogenated alkanes) is 47. The summed E-state index contributed by atoms with van der Waals surface area (Å²) in [5, 5.41) is 10.7. The molecule has 0 aromatic rings. The van der Waals surface area contributed by atoms with Gasteiger partial charge in [0.15, 0.2) is 12.2 Å². The zero-order valence-corrected chi connectivity index (χ0v) is 68.9. The van der Waals surface area contributed by atoms with Crippen molar-refractivity contribution < 1.29 is 80.2 Å². The molecular weight excluding hydrogens is 1330 g/mol. The maximum Gasteiger partial charge on any atom is 0.472 e. The van der Waals surface area contributed by atoms with Crippen LogP contribution in [-0.4, -0.2) is 96.7 Å². The van der Waals surface area contributed by atoms with Gasteiger partial charge in [-0.25, -0.2) is 9.13 Å². The number of hydrogen-bond donors (Lipinski definition) is 3. The van der Waals surface area contributed by atoms with Gasteiger partial charge in [-0.05, 0) is 43.4 Å². The Morgan fingerprint density at radius 2 is 0.500 bits per heavy atom. The molecule has 0 amide bonds. The molecule has 4 unspecified atom stereocenters. The fraction of sp³-hybridized carbons (Fsp3) is 0.952. The van der Waals surface area contributed by atoms with E-state index in [2.05, 4.69) is 48.5 Å². The molecule has 0 bridgehead atoms. The average Bonchev–Trinajstić information content (AvgIpc) is 0.912. The highest BCUT2D eigenvalue weighted by Gasteiger charge is 2.30. The van der Waals surface area contributed by atoms with E-state index in [9.17, 15) is 43.2 Å². The molecule has 17 nitrogen and oxygen atoms in total. The summed E-state index contributed by atoms with van der Waals surface area (Å²) in [6, 6.07) is 0. The monoisotopic (exact) mass is 1490 g/mol. The Hall–Kier alpha value is -1.94. The molecule has 0 saturated heterocycles. The second kappa shape index (κ2) is 73.2. The highest BCUT2D eigenvalue weighted by molar-refractivity contribution is 7.47. The van der Waals surface area contributed by atoms with Crippen molar-refractivity contribution in [3.63, 3.8) is 0 Å². The van der Waals surface area contributed by atoms with E-state index in [1.807, 2.05) is 0 Å². The number of rotatable bonds is 81. The predicted molar refractivity (Wildman–Crippen MR) is 418 cm³/mol. The highest BCUT2D eigenvalue weighted by Crippen LogP contribution is 2.45. The van der Waals surface area contributed by atoms with Crippen LogP contribution in [-0.2, 0) is 65.4 Å². The van der Waals surface area contributed by atoms with E-state index in [1.165, 1.54) is 238 Å². The Balaban J connectivity index is 5.23. The van der Waals surface area contributed by atoms with Gasteiger partial charge in [0.25, 0.3) is 0 Å². The van der Waals surface area contributed by atoms with Crippen molar-refractivity contribution in [3.05, 3.63) is 0 Å². The number of carbonyl (C=O) groups is 4. The summed E-state index contributed by atoms with van der Waals surface area (Å²) in [6.07, 6.45) is 62.4. The van der Waals surface area contributed by atoms with E-state index in [0.717, 1.165) is 114 Å². The van der Waals surface area contributed by atoms with Crippen LogP contribution in [0.1, 0.15) is 434 Å². The van der Waals surface area contributed by atoms with Gasteiger partial charge < -0.3 is 33.8 Å². The lowest BCUT2D eigenvalue weighted by Gasteiger charge is -2.21. The Kier molecular flexibility index (Phi) is 71.8. The topological polar surface area (TPSA) is 237 Å². The maximum absolute atomic E-state index is 13.1. The van der Waals surface area contributed by atoms with Gasteiger partial charge in [0, 0.05) is 25.7 Å². The minimum Gasteiger partial charge on any atom is -0.462 e. The third-order valence-corrected chi connectivity index (χ3v) is 22.0. The fourth-order valence-electron chi connectivity index (χ4n) is 12.8. The van der Waals surface area contributed by atoms with Crippen LogP contribution in [0.25, 0.3) is 0 Å². The van der Waals surface area contributed by atoms with Gasteiger partial charge in [-0.1, -0.05) is 382 Å². The van der Waals surface area contributed by atoms with Crippen LogP contribution in [0.5, 0.6) is 0 Å². The number of carbonyl (C=O) groups excluding carboxylic acids is 4. The van der Waals surface area contributed by atoms with Gasteiger partial charge in [0.1, 0.15) is 19.3 Å². The summed E-state index contributed by atoms with van der Waals surface area (Å²) in [6.45, 7) is 12.0. The second-order valence-electron chi connectivity index (χ2n) is 30.8. The van der Waals surface area contributed by atoms with Crippen molar-refractivity contribution in [3.8, 4) is 0 Å². The fourth-order valence-corrected chi connectivity index (χ4v) is 14.4. The van der Waals surface area contributed by atoms with E-state index < -0.39 is 97.5 Å². The largest absolute Gasteiger partial charge is 0.472 e. The number of esters is 4. The average molecular weight is 1490 g/mol. The van der Waals surface area contributed by atoms with Crippen molar-refractivity contribution in [2.24, 2.45) is 17.8 Å². The Bertz CT molecular complexity index is 1980. The molecule has 0 aromatic heterocycles. The molecule has 0 fully saturated rings. The molecule has 0 saturated carbocycles. The molecule has 606 valence electrons. The molecule has 102 heavy (non-hydrogen) atoms. The van der Waals surface area contributed by atoms with Gasteiger partial charge in [0.05, 0.1) is 26.4 Å². The van der Waals surface area contributed by atoms with Crippen LogP contribution in [0.3, 0.4) is 0 Å². The molecule has 0 heterocycles. The van der Waals surface area contributed by atoms with Crippen LogP contribution >= 0.6 is 15.6 Å². The Morgan fingerprint density at radius 3 is 0.745 bits per heavy atom. The number of hydrogen-bond acceptors (Lipinski definition) is 15. The Morgan fingerprint density at radius 1 is 0.284 bits per heavy atom. The molecule has 0 aromatic carbocycles. The predicted octanol–water partition coefficient (Wildman–Crippen LogP) is 24.9. The number of aliphatic hydroxyl groups excluding tert-OH is 1. The molecule has 0 rings (SSSR count). The lowest BCUT2D eigenvalue weighted by molar-refractivity contribution is -0.161. The molecular formula is C83H162O17P2. The van der Waals surface area contributed by atoms with Crippen LogP contribution < -0.4 is 0 Å². The van der Waals surface area contributed by atoms with Crippen LogP contribution in [0.4, 0.5) is 0 Å². The third kappa shape index (κ3) is 73.6. The molecule has 0 aliphatic heterocycles. The van der Waals surface area contributed by atoms with Gasteiger partial charge in [0.2, 0.25) is 0 Å². The van der Waals surface area contributed by atoms with Crippen LogP contribution in [0, 0.1) is 17.8 Å². The van der Waals surface area contributed by atoms with Crippen molar-refractivity contribution in [2.45, 2.75) is 452 Å². The van der Waals surface area contributed by atoms with E-state index >= 15 is 0 Å². The number of phosphoric acid groups is 2. The number of aliphatic hydroxyl groups is 1. The molecule has 19 heteroatoms. The first-order valence-electron chi connectivity index (χ1n) is 42.9. The quantitative estimate of drug-likeness (QED) is 0.0222. The molecule has 0 aliphatic rings. The standard InChI is InChI=1S/C83H162O17P2/c1-8-11-12-13-14-15-16-25-33-38-43-52-59-66-83(88)100-79(71-94-81(86)65-58-51-46-45-49-56-63-76(7)10-3)73-98-102(91,92)96-69-77(84)68-95-101(89,90)97-72-78(70-93-80(85)64-57-50-42-37-32-28-24-23-27-31-36-41-48-55-62-75(6)9-2)99-82(87)67-60-53-44-39-34-29-22-20-18-17-19-21-26-30-35-40-47-54-61-74(4)5/h74-79,84H,8-73H2,1-7H3,(H,89,90)(H,91,92)/t75?,76?,77-,78-,79-/m1/s1. The summed E-state index contributed by atoms with van der Waals surface area (Å²) in [5.41, 5.74) is 0. The van der Waals surface area contributed by atoms with E-state index in [1.54, 1.807) is 0 Å². The van der Waals surface area contributed by atoms with Gasteiger partial charge >= 0.3 is 39.5 Å². The molecule has 0 aliphatic carbocycles. The number of phosphoric ester groups is 2. The van der Waals surface area contributed by atoms with Crippen molar-refractivity contribution in [1.29, 1.82) is 0 Å². The molecule has 7 atom stereocenters. The van der Waals surface area contributed by atoms with E-state index in [4.69, 9.17) is 37.0 Å². The number of ether oxygens (including phenoxy) is 4. The maximum atomic E-state index is 13.1. The first-order chi connectivity index (χ1) is 49.3. The lowest BCUT2D eigenvalue weighted by atomic mass is 9.99. The normalized spacial score (nSPS) is 14.5. The van der Waals surface area contributed by atoms with E-state index in [-0.39, 0.29) is 25.7 Å². The molecule has 0 radical (unpaired) electrons. The Labute approximate surface area is 626 Å². The van der Waals surface area contributed by atoms with Crippen molar-refractivity contribution in [2.75, 3.05) is 39.6 Å². The summed E-state index contributed by atoms with van der Waals surface area (Å²) in [4.78, 5) is 73.1. The molecule has 3 N–H and O–H groups in total. The highest BCUT2D eigenvalue weighted by atomic mass is 31.2. The minimum absolute atomic E-state index is 0.107. The SMILES string of the molecule is CCCCCCCCCCCCCCCC(=O)O[C@H](COC(=O)CCCCCCCCC(C)CC)COP(=O)(O)OC[C@H](O)COP(=O)(O)OC[C@@H](COC(=O)CCCCCCCCCCCCCCCCC(C)CC)OC(=O)CCCCCCCCCCCCCCCCCCCCC(C)C. The van der Waals surface area contributed by atoms with Gasteiger partial charge in [-0.3, -0.25) is 37.3 Å². The van der Waals surface area contributed by atoms with Crippen LogP contribution in [0.15, 0.2) is 0 Å². The summed E-state index contributed by atoms with van der Waals surface area (Å²) >= 11 is 0. The van der Waals surface area contributed by atoms with Gasteiger partial charge in [-0.15, -0.1) is 0 Å². The zero-order valence-electron chi connectivity index (χ0n) is 67.1. The second-order valence-corrected chi connectivity index (χ2v) is 33.7. The summed E-state index contributed by atoms with van der Waals surface area (Å²) in [5.74, 6) is 0.293. The zero-order chi connectivity index (χ0) is 75.1. The summed E-state index contributed by atoms with van der Waals surface area (Å²) < 4.78 is 68.8. The third-order valence-electron chi connectivity index (χ3n) is 20.1.